The van der Waals surface area contributed by atoms with Crippen molar-refractivity contribution in [1.82, 2.24) is 10.2 Å². The van der Waals surface area contributed by atoms with E-state index in [0.717, 1.165) is 0 Å². The van der Waals surface area contributed by atoms with Gasteiger partial charge in [0.05, 0.1) is 13.0 Å². The number of likely N-dealkylation sites (N-methyl/N-ethyl adjacent to an activating group) is 1. The quantitative estimate of drug-likeness (QED) is 0.766. The molecular weight excluding hydrogens is 272 g/mol. The molecule has 21 heavy (non-hydrogen) atoms. The number of hydrogen-bond donors (Lipinski definition) is 1. The highest BCUT2D eigenvalue weighted by Crippen LogP contribution is 2.26. The van der Waals surface area contributed by atoms with Crippen LogP contribution in [0, 0.1) is 0 Å². The Hall–Kier alpha value is -1.14. The van der Waals surface area contributed by atoms with E-state index in [2.05, 4.69) is 5.32 Å². The van der Waals surface area contributed by atoms with Crippen molar-refractivity contribution in [2.45, 2.75) is 51.2 Å². The van der Waals surface area contributed by atoms with Crippen molar-refractivity contribution in [2.75, 3.05) is 33.9 Å². The third kappa shape index (κ3) is 6.44. The normalized spacial score (nSPS) is 18.1. The molecule has 0 saturated carbocycles. The molecule has 1 heterocycles. The van der Waals surface area contributed by atoms with Gasteiger partial charge in [0.2, 0.25) is 5.91 Å². The zero-order chi connectivity index (χ0) is 16.1. The zero-order valence-corrected chi connectivity index (χ0v) is 13.8. The average molecular weight is 300 g/mol. The summed E-state index contributed by atoms with van der Waals surface area (Å²) in [5.74, 6) is -0.251. The van der Waals surface area contributed by atoms with Crippen LogP contribution in [0.5, 0.6) is 0 Å². The molecule has 0 bridgehead atoms. The van der Waals surface area contributed by atoms with Crippen LogP contribution < -0.4 is 5.32 Å². The van der Waals surface area contributed by atoms with E-state index in [1.807, 2.05) is 20.8 Å². The molecule has 6 heteroatoms. The number of carbonyl (C=O) groups is 2. The maximum Gasteiger partial charge on any atom is 0.308 e. The molecule has 1 amide bonds. The largest absolute Gasteiger partial charge is 0.460 e. The summed E-state index contributed by atoms with van der Waals surface area (Å²) >= 11 is 0. The third-order valence-corrected chi connectivity index (χ3v) is 3.47. The summed E-state index contributed by atoms with van der Waals surface area (Å²) in [5, 5.41) is 3.26. The molecule has 0 aromatic heterocycles. The van der Waals surface area contributed by atoms with Gasteiger partial charge in [-0.05, 0) is 33.6 Å². The van der Waals surface area contributed by atoms with Gasteiger partial charge in [0.25, 0.3) is 0 Å². The van der Waals surface area contributed by atoms with Crippen molar-refractivity contribution in [2.24, 2.45) is 0 Å². The fourth-order valence-electron chi connectivity index (χ4n) is 2.25. The molecule has 1 aliphatic heterocycles. The number of hydrogen-bond acceptors (Lipinski definition) is 5. The maximum absolute atomic E-state index is 12.1. The molecule has 0 unspecified atom stereocenters. The SMILES string of the molecule is CN(C)C(=O)CNC1(CC(=O)OC(C)(C)C)CCOCC1. The third-order valence-electron chi connectivity index (χ3n) is 3.47. The fourth-order valence-corrected chi connectivity index (χ4v) is 2.25. The minimum absolute atomic E-state index is 0.00921. The smallest absolute Gasteiger partial charge is 0.308 e. The lowest BCUT2D eigenvalue weighted by molar-refractivity contribution is -0.158. The van der Waals surface area contributed by atoms with Gasteiger partial charge in [0.15, 0.2) is 0 Å². The molecule has 1 N–H and O–H groups in total. The second-order valence-electron chi connectivity index (χ2n) is 6.80. The second-order valence-corrected chi connectivity index (χ2v) is 6.80. The number of amides is 1. The van der Waals surface area contributed by atoms with Crippen LogP contribution in [0.4, 0.5) is 0 Å². The topological polar surface area (TPSA) is 67.9 Å². The lowest BCUT2D eigenvalue weighted by atomic mass is 9.86. The first kappa shape index (κ1) is 17.9. The highest BCUT2D eigenvalue weighted by Gasteiger charge is 2.36. The molecule has 0 spiro atoms. The summed E-state index contributed by atoms with van der Waals surface area (Å²) < 4.78 is 10.8. The number of esters is 1. The van der Waals surface area contributed by atoms with E-state index in [1.165, 1.54) is 4.90 Å². The van der Waals surface area contributed by atoms with Crippen LogP contribution in [0.3, 0.4) is 0 Å². The number of nitrogens with one attached hydrogen (secondary N) is 1. The lowest BCUT2D eigenvalue weighted by Gasteiger charge is -2.38. The lowest BCUT2D eigenvalue weighted by Crippen LogP contribution is -2.54. The molecule has 122 valence electrons. The molecule has 1 fully saturated rings. The Balaban J connectivity index is 2.65. The van der Waals surface area contributed by atoms with E-state index in [1.54, 1.807) is 14.1 Å². The number of ether oxygens (including phenoxy) is 2. The van der Waals surface area contributed by atoms with Gasteiger partial charge in [-0.3, -0.25) is 9.59 Å². The van der Waals surface area contributed by atoms with Crippen LogP contribution in [0.25, 0.3) is 0 Å². The van der Waals surface area contributed by atoms with Crippen molar-refractivity contribution in [3.63, 3.8) is 0 Å². The molecular formula is C15H28N2O4. The molecule has 1 aliphatic rings. The standard InChI is InChI=1S/C15H28N2O4/c1-14(2,3)21-13(19)10-15(6-8-20-9-7-15)16-11-12(18)17(4)5/h16H,6-11H2,1-5H3. The first-order valence-corrected chi connectivity index (χ1v) is 7.38. The van der Waals surface area contributed by atoms with Crippen LogP contribution in [0.15, 0.2) is 0 Å². The summed E-state index contributed by atoms with van der Waals surface area (Å²) in [7, 11) is 3.43. The minimum Gasteiger partial charge on any atom is -0.460 e. The van der Waals surface area contributed by atoms with Gasteiger partial charge in [-0.25, -0.2) is 0 Å². The predicted octanol–water partition coefficient (Wildman–Crippen LogP) is 0.945. The van der Waals surface area contributed by atoms with E-state index >= 15 is 0 Å². The Morgan fingerprint density at radius 3 is 2.29 bits per heavy atom. The summed E-state index contributed by atoms with van der Waals surface area (Å²) in [6.07, 6.45) is 1.66. The molecule has 0 aromatic rings. The summed E-state index contributed by atoms with van der Waals surface area (Å²) in [6, 6.07) is 0. The predicted molar refractivity (Wildman–Crippen MR) is 79.9 cm³/mol. The Labute approximate surface area is 127 Å². The van der Waals surface area contributed by atoms with Gasteiger partial charge in [0.1, 0.15) is 5.60 Å². The molecule has 0 aromatic carbocycles. The van der Waals surface area contributed by atoms with Gasteiger partial charge in [-0.2, -0.15) is 0 Å². The maximum atomic E-state index is 12.1. The van der Waals surface area contributed by atoms with Gasteiger partial charge >= 0.3 is 5.97 Å². The van der Waals surface area contributed by atoms with Gasteiger partial charge < -0.3 is 19.7 Å². The molecule has 6 nitrogen and oxygen atoms in total. The van der Waals surface area contributed by atoms with Gasteiger partial charge in [-0.1, -0.05) is 0 Å². The molecule has 0 atom stereocenters. The van der Waals surface area contributed by atoms with Crippen molar-refractivity contribution in [1.29, 1.82) is 0 Å². The van der Waals surface area contributed by atoms with Crippen LogP contribution in [-0.2, 0) is 19.1 Å². The molecule has 0 aliphatic carbocycles. The van der Waals surface area contributed by atoms with E-state index in [4.69, 9.17) is 9.47 Å². The minimum atomic E-state index is -0.497. The Kier molecular flexibility index (Phi) is 6.16. The van der Waals surface area contributed by atoms with Crippen molar-refractivity contribution in [3.05, 3.63) is 0 Å². The van der Waals surface area contributed by atoms with Crippen LogP contribution >= 0.6 is 0 Å². The average Bonchev–Trinajstić information content (AvgIpc) is 2.34. The Bertz CT molecular complexity index is 368. The summed E-state index contributed by atoms with van der Waals surface area (Å²) in [5.41, 5.74) is -0.908. The van der Waals surface area contributed by atoms with Gasteiger partial charge in [0, 0.05) is 32.8 Å². The zero-order valence-electron chi connectivity index (χ0n) is 13.8. The van der Waals surface area contributed by atoms with E-state index < -0.39 is 11.1 Å². The highest BCUT2D eigenvalue weighted by molar-refractivity contribution is 5.78. The summed E-state index contributed by atoms with van der Waals surface area (Å²) in [4.78, 5) is 25.4. The monoisotopic (exact) mass is 300 g/mol. The number of rotatable bonds is 5. The van der Waals surface area contributed by atoms with Crippen molar-refractivity contribution >= 4 is 11.9 Å². The first-order valence-electron chi connectivity index (χ1n) is 7.38. The highest BCUT2D eigenvalue weighted by atomic mass is 16.6. The van der Waals surface area contributed by atoms with E-state index in [0.29, 0.717) is 26.1 Å². The van der Waals surface area contributed by atoms with E-state index in [9.17, 15) is 9.59 Å². The van der Waals surface area contributed by atoms with Crippen molar-refractivity contribution < 1.29 is 19.1 Å². The second kappa shape index (κ2) is 7.22. The summed E-state index contributed by atoms with van der Waals surface area (Å²) in [6.45, 7) is 6.95. The van der Waals surface area contributed by atoms with Crippen LogP contribution in [0.1, 0.15) is 40.0 Å². The molecule has 1 saturated heterocycles. The Morgan fingerprint density at radius 1 is 1.24 bits per heavy atom. The molecule has 1 rings (SSSR count). The van der Waals surface area contributed by atoms with Crippen molar-refractivity contribution in [3.8, 4) is 0 Å². The first-order chi connectivity index (χ1) is 9.64. The van der Waals surface area contributed by atoms with E-state index in [-0.39, 0.29) is 24.8 Å². The van der Waals surface area contributed by atoms with Crippen LogP contribution in [0.2, 0.25) is 0 Å². The van der Waals surface area contributed by atoms with Gasteiger partial charge in [-0.15, -0.1) is 0 Å². The fraction of sp³-hybridized carbons (Fsp3) is 0.867. The number of carbonyl (C=O) groups excluding carboxylic acids is 2. The Morgan fingerprint density at radius 2 is 1.81 bits per heavy atom. The molecule has 0 radical (unpaired) electrons. The number of nitrogens with zero attached hydrogens (tertiary/aromatic N) is 1. The van der Waals surface area contributed by atoms with Crippen LogP contribution in [-0.4, -0.2) is 61.8 Å².